The van der Waals surface area contributed by atoms with Crippen LogP contribution < -0.4 is 5.32 Å². The first-order chi connectivity index (χ1) is 9.99. The number of hydrogen-bond acceptors (Lipinski definition) is 2. The third-order valence-electron chi connectivity index (χ3n) is 3.15. The number of aliphatic hydroxyl groups excluding tert-OH is 1. The Morgan fingerprint density at radius 3 is 2.62 bits per heavy atom. The summed E-state index contributed by atoms with van der Waals surface area (Å²) in [6.07, 6.45) is -0.876. The van der Waals surface area contributed by atoms with Crippen molar-refractivity contribution in [2.24, 2.45) is 0 Å². The maximum atomic E-state index is 13.8. The fourth-order valence-corrected chi connectivity index (χ4v) is 2.04. The maximum absolute atomic E-state index is 13.8. The van der Waals surface area contributed by atoms with Crippen molar-refractivity contribution in [1.82, 2.24) is 5.32 Å². The summed E-state index contributed by atoms with van der Waals surface area (Å²) in [5.41, 5.74) is 1.00. The molecule has 0 heterocycles. The van der Waals surface area contributed by atoms with Crippen LogP contribution in [0.1, 0.15) is 27.6 Å². The van der Waals surface area contributed by atoms with Gasteiger partial charge in [-0.3, -0.25) is 4.79 Å². The number of rotatable bonds is 4. The van der Waals surface area contributed by atoms with Crippen LogP contribution in [0.5, 0.6) is 0 Å². The minimum Gasteiger partial charge on any atom is -0.387 e. The van der Waals surface area contributed by atoms with Crippen LogP contribution in [-0.4, -0.2) is 17.6 Å². The van der Waals surface area contributed by atoms with Gasteiger partial charge < -0.3 is 10.4 Å². The van der Waals surface area contributed by atoms with Gasteiger partial charge in [-0.25, -0.2) is 4.39 Å². The number of aliphatic hydroxyl groups is 1. The van der Waals surface area contributed by atoms with E-state index in [2.05, 4.69) is 5.32 Å². The van der Waals surface area contributed by atoms with Gasteiger partial charge in [0.05, 0.1) is 11.7 Å². The molecule has 2 rings (SSSR count). The van der Waals surface area contributed by atoms with Crippen molar-refractivity contribution < 1.29 is 14.3 Å². The molecule has 1 amide bonds. The molecule has 5 heteroatoms. The third kappa shape index (κ3) is 3.80. The summed E-state index contributed by atoms with van der Waals surface area (Å²) in [6.45, 7) is 1.59. The van der Waals surface area contributed by atoms with Gasteiger partial charge in [-0.1, -0.05) is 35.9 Å². The fraction of sp³-hybridized carbons (Fsp3) is 0.188. The number of nitrogens with one attached hydrogen (secondary N) is 1. The van der Waals surface area contributed by atoms with E-state index >= 15 is 0 Å². The van der Waals surface area contributed by atoms with Crippen molar-refractivity contribution in [3.05, 3.63) is 70.0 Å². The smallest absolute Gasteiger partial charge is 0.254 e. The van der Waals surface area contributed by atoms with Crippen molar-refractivity contribution in [1.29, 1.82) is 0 Å². The topological polar surface area (TPSA) is 49.3 Å². The number of halogens is 2. The summed E-state index contributed by atoms with van der Waals surface area (Å²) in [5.74, 6) is -1.10. The largest absolute Gasteiger partial charge is 0.387 e. The molecule has 0 spiro atoms. The highest BCUT2D eigenvalue weighted by Crippen LogP contribution is 2.16. The van der Waals surface area contributed by atoms with Crippen molar-refractivity contribution in [2.75, 3.05) is 6.54 Å². The molecule has 2 N–H and O–H groups in total. The molecule has 2 aromatic carbocycles. The van der Waals surface area contributed by atoms with Crippen LogP contribution in [-0.2, 0) is 0 Å². The monoisotopic (exact) mass is 307 g/mol. The zero-order valence-electron chi connectivity index (χ0n) is 11.4. The van der Waals surface area contributed by atoms with E-state index in [4.69, 9.17) is 11.6 Å². The van der Waals surface area contributed by atoms with Gasteiger partial charge in [0, 0.05) is 11.6 Å². The molecular weight excluding hydrogens is 293 g/mol. The molecule has 21 heavy (non-hydrogen) atoms. The number of hydrogen-bond donors (Lipinski definition) is 2. The molecule has 3 nitrogen and oxygen atoms in total. The second-order valence-corrected chi connectivity index (χ2v) is 5.15. The van der Waals surface area contributed by atoms with Gasteiger partial charge in [-0.15, -0.1) is 0 Å². The summed E-state index contributed by atoms with van der Waals surface area (Å²) >= 11 is 5.76. The van der Waals surface area contributed by atoms with Gasteiger partial charge in [0.2, 0.25) is 0 Å². The average molecular weight is 308 g/mol. The number of amides is 1. The Balaban J connectivity index is 2.00. The number of aryl methyl sites for hydroxylation is 1. The van der Waals surface area contributed by atoms with E-state index < -0.39 is 17.8 Å². The zero-order chi connectivity index (χ0) is 15.4. The Kier molecular flexibility index (Phi) is 4.94. The lowest BCUT2D eigenvalue weighted by Crippen LogP contribution is -2.29. The van der Waals surface area contributed by atoms with Gasteiger partial charge in [0.25, 0.3) is 5.91 Å². The molecule has 2 aromatic rings. The highest BCUT2D eigenvalue weighted by molar-refractivity contribution is 6.30. The van der Waals surface area contributed by atoms with Crippen LogP contribution in [0.25, 0.3) is 0 Å². The molecule has 0 aliphatic heterocycles. The molecule has 0 aliphatic carbocycles. The van der Waals surface area contributed by atoms with Crippen LogP contribution in [0.2, 0.25) is 5.02 Å². The Hall–Kier alpha value is -1.91. The predicted molar refractivity (Wildman–Crippen MR) is 79.9 cm³/mol. The molecular formula is C16H15ClFNO2. The summed E-state index contributed by atoms with van der Waals surface area (Å²) in [5, 5.41) is 13.1. The van der Waals surface area contributed by atoms with Gasteiger partial charge >= 0.3 is 0 Å². The van der Waals surface area contributed by atoms with Crippen LogP contribution in [0, 0.1) is 12.7 Å². The molecule has 110 valence electrons. The first kappa shape index (κ1) is 15.5. The van der Waals surface area contributed by atoms with Crippen LogP contribution in [0.4, 0.5) is 4.39 Å². The standard InChI is InChI=1S/C16H15ClFNO2/c1-10-3-2-4-13(15(10)18)16(21)19-9-14(20)11-5-7-12(17)8-6-11/h2-8,14,20H,9H2,1H3,(H,19,21). The summed E-state index contributed by atoms with van der Waals surface area (Å²) in [4.78, 5) is 11.9. The van der Waals surface area contributed by atoms with Gasteiger partial charge in [0.1, 0.15) is 5.82 Å². The van der Waals surface area contributed by atoms with Crippen molar-refractivity contribution in [3.63, 3.8) is 0 Å². The van der Waals surface area contributed by atoms with E-state index in [1.165, 1.54) is 6.07 Å². The second-order valence-electron chi connectivity index (χ2n) is 4.71. The Labute approximate surface area is 127 Å². The molecule has 0 aromatic heterocycles. The molecule has 0 aliphatic rings. The van der Waals surface area contributed by atoms with E-state index in [1.807, 2.05) is 0 Å². The van der Waals surface area contributed by atoms with Crippen molar-refractivity contribution in [2.45, 2.75) is 13.0 Å². The quantitative estimate of drug-likeness (QED) is 0.911. The van der Waals surface area contributed by atoms with E-state index in [0.29, 0.717) is 16.1 Å². The first-order valence-corrected chi connectivity index (χ1v) is 6.83. The Morgan fingerprint density at radius 2 is 1.95 bits per heavy atom. The minimum absolute atomic E-state index is 0.00610. The molecule has 0 saturated heterocycles. The summed E-state index contributed by atoms with van der Waals surface area (Å²) in [7, 11) is 0. The van der Waals surface area contributed by atoms with Crippen LogP contribution in [0.3, 0.4) is 0 Å². The average Bonchev–Trinajstić information content (AvgIpc) is 2.48. The maximum Gasteiger partial charge on any atom is 0.254 e. The van der Waals surface area contributed by atoms with Crippen molar-refractivity contribution >= 4 is 17.5 Å². The predicted octanol–water partition coefficient (Wildman–Crippen LogP) is 3.25. The Morgan fingerprint density at radius 1 is 1.29 bits per heavy atom. The molecule has 0 bridgehead atoms. The zero-order valence-corrected chi connectivity index (χ0v) is 12.2. The van der Waals surface area contributed by atoms with E-state index in [9.17, 15) is 14.3 Å². The minimum atomic E-state index is -0.876. The SMILES string of the molecule is Cc1cccc(C(=O)NCC(O)c2ccc(Cl)cc2)c1F. The molecule has 0 fully saturated rings. The van der Waals surface area contributed by atoms with Gasteiger partial charge in [0.15, 0.2) is 0 Å². The normalized spacial score (nSPS) is 12.0. The third-order valence-corrected chi connectivity index (χ3v) is 3.40. The van der Waals surface area contributed by atoms with E-state index in [0.717, 1.165) is 0 Å². The lowest BCUT2D eigenvalue weighted by molar-refractivity contribution is 0.0912. The first-order valence-electron chi connectivity index (χ1n) is 6.46. The summed E-state index contributed by atoms with van der Waals surface area (Å²) in [6, 6.07) is 11.3. The van der Waals surface area contributed by atoms with Crippen LogP contribution >= 0.6 is 11.6 Å². The fourth-order valence-electron chi connectivity index (χ4n) is 1.91. The molecule has 0 saturated carbocycles. The number of carbonyl (C=O) groups is 1. The Bertz CT molecular complexity index is 643. The highest BCUT2D eigenvalue weighted by Gasteiger charge is 2.15. The van der Waals surface area contributed by atoms with Gasteiger partial charge in [-0.05, 0) is 36.2 Å². The molecule has 1 atom stereocenters. The molecule has 0 radical (unpaired) electrons. The highest BCUT2D eigenvalue weighted by atomic mass is 35.5. The van der Waals surface area contributed by atoms with E-state index in [-0.39, 0.29) is 12.1 Å². The lowest BCUT2D eigenvalue weighted by Gasteiger charge is -2.13. The van der Waals surface area contributed by atoms with Gasteiger partial charge in [-0.2, -0.15) is 0 Å². The van der Waals surface area contributed by atoms with Crippen molar-refractivity contribution in [3.8, 4) is 0 Å². The van der Waals surface area contributed by atoms with E-state index in [1.54, 1.807) is 43.3 Å². The number of carbonyl (C=O) groups excluding carboxylic acids is 1. The molecule has 1 unspecified atom stereocenters. The summed E-state index contributed by atoms with van der Waals surface area (Å²) < 4.78 is 13.8. The van der Waals surface area contributed by atoms with Crippen LogP contribution in [0.15, 0.2) is 42.5 Å². The number of benzene rings is 2. The second kappa shape index (κ2) is 6.70. The lowest BCUT2D eigenvalue weighted by atomic mass is 10.1.